The zero-order valence-electron chi connectivity index (χ0n) is 25.5. The predicted octanol–water partition coefficient (Wildman–Crippen LogP) is 3.66. The lowest BCUT2D eigenvalue weighted by Crippen LogP contribution is -2.50. The van der Waals surface area contributed by atoms with Crippen LogP contribution in [-0.4, -0.2) is 83.4 Å². The number of rotatable bonds is 5. The second kappa shape index (κ2) is 12.0. The lowest BCUT2D eigenvalue weighted by molar-refractivity contribution is -0.138. The number of aromatic nitrogens is 3. The number of alkyl halides is 3. The van der Waals surface area contributed by atoms with Crippen LogP contribution in [0.5, 0.6) is 0 Å². The van der Waals surface area contributed by atoms with Crippen LogP contribution >= 0.6 is 0 Å². The molecule has 2 aliphatic heterocycles. The van der Waals surface area contributed by atoms with Crippen molar-refractivity contribution in [3.05, 3.63) is 57.6 Å². The Morgan fingerprint density at radius 3 is 2.13 bits per heavy atom. The van der Waals surface area contributed by atoms with E-state index < -0.39 is 57.2 Å². The number of pyridine rings is 1. The molecule has 2 fully saturated rings. The Labute approximate surface area is 256 Å². The topological polar surface area (TPSA) is 110 Å². The zero-order valence-corrected chi connectivity index (χ0v) is 25.5. The summed E-state index contributed by atoms with van der Waals surface area (Å²) in [7, 11) is 2.97. The molecule has 1 amide bonds. The lowest BCUT2D eigenvalue weighted by Gasteiger charge is -2.40. The molecule has 2 aliphatic rings. The van der Waals surface area contributed by atoms with Crippen LogP contribution in [0.15, 0.2) is 29.3 Å². The number of carbonyl (C=O) groups is 1. The SMILES string of the molecule is CC1CN(c2cc(F)c(-c3cnc(N4C[C@@H](C)O[C@@H](C)C4)nc3)c(F)c2-c2c(C(N)=O)c(C(F)(F)F)cc(=O)n2C)CCN1C. The first-order valence-corrected chi connectivity index (χ1v) is 14.4. The number of carbonyl (C=O) groups excluding carboxylic acids is 1. The van der Waals surface area contributed by atoms with Crippen LogP contribution in [0.1, 0.15) is 36.7 Å². The third-order valence-corrected chi connectivity index (χ3v) is 8.36. The van der Waals surface area contributed by atoms with Gasteiger partial charge in [0.1, 0.15) is 11.6 Å². The van der Waals surface area contributed by atoms with Crippen molar-refractivity contribution in [2.75, 3.05) is 49.6 Å². The molecule has 5 rings (SSSR count). The molecule has 2 aromatic heterocycles. The van der Waals surface area contributed by atoms with Crippen molar-refractivity contribution < 1.29 is 31.5 Å². The number of benzene rings is 1. The van der Waals surface area contributed by atoms with E-state index in [4.69, 9.17) is 10.5 Å². The molecule has 3 aromatic rings. The number of hydrogen-bond donors (Lipinski definition) is 1. The van der Waals surface area contributed by atoms with Gasteiger partial charge in [0, 0.05) is 69.8 Å². The van der Waals surface area contributed by atoms with Gasteiger partial charge in [-0.05, 0) is 33.9 Å². The summed E-state index contributed by atoms with van der Waals surface area (Å²) in [6.07, 6.45) is -2.94. The zero-order chi connectivity index (χ0) is 33.0. The van der Waals surface area contributed by atoms with Crippen molar-refractivity contribution in [3.8, 4) is 22.4 Å². The predicted molar refractivity (Wildman–Crippen MR) is 158 cm³/mol. The molecule has 1 unspecified atom stereocenters. The average molecular weight is 636 g/mol. The summed E-state index contributed by atoms with van der Waals surface area (Å²) in [5.41, 5.74) is -0.544. The third kappa shape index (κ3) is 6.10. The number of ether oxygens (including phenoxy) is 1. The van der Waals surface area contributed by atoms with E-state index in [1.807, 2.05) is 37.6 Å². The molecule has 0 spiro atoms. The van der Waals surface area contributed by atoms with Gasteiger partial charge in [0.15, 0.2) is 0 Å². The Kier molecular flexibility index (Phi) is 8.61. The molecule has 0 saturated carbocycles. The van der Waals surface area contributed by atoms with E-state index in [0.29, 0.717) is 25.6 Å². The molecular formula is C30H34F5N7O3. The van der Waals surface area contributed by atoms with Crippen molar-refractivity contribution in [1.82, 2.24) is 19.4 Å². The van der Waals surface area contributed by atoms with Crippen LogP contribution in [0.3, 0.4) is 0 Å². The van der Waals surface area contributed by atoms with Gasteiger partial charge in [0.05, 0.1) is 45.8 Å². The van der Waals surface area contributed by atoms with E-state index in [1.165, 1.54) is 12.4 Å². The largest absolute Gasteiger partial charge is 0.417 e. The monoisotopic (exact) mass is 635 g/mol. The second-order valence-electron chi connectivity index (χ2n) is 11.7. The molecule has 10 nitrogen and oxygen atoms in total. The summed E-state index contributed by atoms with van der Waals surface area (Å²) in [6.45, 7) is 7.66. The van der Waals surface area contributed by atoms with E-state index in [2.05, 4.69) is 9.97 Å². The summed E-state index contributed by atoms with van der Waals surface area (Å²) in [6, 6.07) is 1.15. The molecule has 3 atom stereocenters. The van der Waals surface area contributed by atoms with Gasteiger partial charge in [0.2, 0.25) is 5.95 Å². The maximum absolute atomic E-state index is 16.9. The summed E-state index contributed by atoms with van der Waals surface area (Å²) in [4.78, 5) is 39.6. The first kappa shape index (κ1) is 32.3. The highest BCUT2D eigenvalue weighted by Crippen LogP contribution is 2.44. The van der Waals surface area contributed by atoms with Gasteiger partial charge in [-0.25, -0.2) is 18.7 Å². The summed E-state index contributed by atoms with van der Waals surface area (Å²) in [5, 5.41) is 0. The lowest BCUT2D eigenvalue weighted by atomic mass is 9.93. The van der Waals surface area contributed by atoms with Gasteiger partial charge in [-0.3, -0.25) is 9.59 Å². The Bertz CT molecular complexity index is 1670. The molecule has 15 heteroatoms. The van der Waals surface area contributed by atoms with Crippen LogP contribution in [-0.2, 0) is 18.0 Å². The van der Waals surface area contributed by atoms with Crippen molar-refractivity contribution in [1.29, 1.82) is 0 Å². The molecule has 2 saturated heterocycles. The number of nitrogens with two attached hydrogens (primary N) is 1. The minimum atomic E-state index is -5.17. The molecule has 0 aliphatic carbocycles. The molecule has 45 heavy (non-hydrogen) atoms. The number of morpholine rings is 1. The van der Waals surface area contributed by atoms with E-state index in [-0.39, 0.29) is 48.7 Å². The number of piperazine rings is 1. The highest BCUT2D eigenvalue weighted by atomic mass is 19.4. The van der Waals surface area contributed by atoms with E-state index in [1.54, 1.807) is 4.90 Å². The minimum absolute atomic E-state index is 0.0927. The highest BCUT2D eigenvalue weighted by molar-refractivity contribution is 6.02. The van der Waals surface area contributed by atoms with Crippen LogP contribution in [0.2, 0.25) is 0 Å². The first-order chi connectivity index (χ1) is 21.1. The Hall–Kier alpha value is -4.11. The van der Waals surface area contributed by atoms with Crippen molar-refractivity contribution in [3.63, 3.8) is 0 Å². The van der Waals surface area contributed by atoms with Gasteiger partial charge < -0.3 is 29.7 Å². The van der Waals surface area contributed by atoms with E-state index in [9.17, 15) is 22.8 Å². The summed E-state index contributed by atoms with van der Waals surface area (Å²) in [5.74, 6) is -3.54. The Balaban J connectivity index is 1.76. The van der Waals surface area contributed by atoms with E-state index >= 15 is 8.78 Å². The molecule has 4 heterocycles. The van der Waals surface area contributed by atoms with Gasteiger partial charge in [-0.2, -0.15) is 13.2 Å². The summed E-state index contributed by atoms with van der Waals surface area (Å²) >= 11 is 0. The molecule has 242 valence electrons. The fraction of sp³-hybridized carbons (Fsp3) is 0.467. The average Bonchev–Trinajstić information content (AvgIpc) is 2.95. The molecule has 2 N–H and O–H groups in total. The number of halogens is 5. The maximum atomic E-state index is 16.9. The van der Waals surface area contributed by atoms with Gasteiger partial charge in [0.25, 0.3) is 11.5 Å². The smallest absolute Gasteiger partial charge is 0.372 e. The molecule has 0 bridgehead atoms. The maximum Gasteiger partial charge on any atom is 0.417 e. The normalized spacial score (nSPS) is 21.3. The number of nitrogens with zero attached hydrogens (tertiary/aromatic N) is 6. The van der Waals surface area contributed by atoms with E-state index in [0.717, 1.165) is 17.7 Å². The molecule has 1 aromatic carbocycles. The quantitative estimate of drug-likeness (QED) is 0.424. The Morgan fingerprint density at radius 1 is 0.956 bits per heavy atom. The molecular weight excluding hydrogens is 601 g/mol. The van der Waals surface area contributed by atoms with Crippen LogP contribution in [0, 0.1) is 11.6 Å². The van der Waals surface area contributed by atoms with Crippen LogP contribution < -0.4 is 21.1 Å². The number of hydrogen-bond acceptors (Lipinski definition) is 8. The first-order valence-electron chi connectivity index (χ1n) is 14.4. The number of anilines is 2. The van der Waals surface area contributed by atoms with Crippen molar-refractivity contribution in [2.24, 2.45) is 12.8 Å². The fourth-order valence-electron chi connectivity index (χ4n) is 6.03. The number of primary amides is 1. The highest BCUT2D eigenvalue weighted by Gasteiger charge is 2.40. The van der Waals surface area contributed by atoms with Crippen molar-refractivity contribution in [2.45, 2.75) is 45.2 Å². The van der Waals surface area contributed by atoms with Gasteiger partial charge in [-0.15, -0.1) is 0 Å². The third-order valence-electron chi connectivity index (χ3n) is 8.36. The van der Waals surface area contributed by atoms with Crippen LogP contribution in [0.4, 0.5) is 33.6 Å². The second-order valence-corrected chi connectivity index (χ2v) is 11.7. The minimum Gasteiger partial charge on any atom is -0.372 e. The number of amides is 1. The van der Waals surface area contributed by atoms with Gasteiger partial charge in [-0.1, -0.05) is 0 Å². The Morgan fingerprint density at radius 2 is 1.58 bits per heavy atom. The standard InChI is InChI=1S/C30H34F5N7O3/c1-15-12-41(7-6-39(15)4)21-9-20(31)23(18-10-37-29(38-11-18)42-13-16(2)45-17(3)14-42)26(32)25(21)27-24(28(36)44)19(30(33,34)35)8-22(43)40(27)5/h8-11,15-17H,6-7,12-14H2,1-5H3,(H2,36,44)/t15?,16-,17+. The fourth-order valence-corrected chi connectivity index (χ4v) is 6.03. The van der Waals surface area contributed by atoms with Gasteiger partial charge >= 0.3 is 6.18 Å². The number of likely N-dealkylation sites (N-methyl/N-ethyl adjacent to an activating group) is 1. The van der Waals surface area contributed by atoms with Crippen molar-refractivity contribution >= 4 is 17.5 Å². The van der Waals surface area contributed by atoms with Crippen LogP contribution in [0.25, 0.3) is 22.4 Å². The summed E-state index contributed by atoms with van der Waals surface area (Å²) < 4.78 is 81.8. The molecule has 0 radical (unpaired) electrons.